The maximum absolute atomic E-state index is 13.0. The van der Waals surface area contributed by atoms with Crippen LogP contribution in [-0.4, -0.2) is 37.2 Å². The van der Waals surface area contributed by atoms with E-state index in [0.29, 0.717) is 19.3 Å². The van der Waals surface area contributed by atoms with Gasteiger partial charge in [0, 0.05) is 19.3 Å². The van der Waals surface area contributed by atoms with Crippen LogP contribution in [0.5, 0.6) is 0 Å². The van der Waals surface area contributed by atoms with E-state index < -0.39 is 6.10 Å². The van der Waals surface area contributed by atoms with Crippen molar-refractivity contribution in [2.75, 3.05) is 13.2 Å². The Morgan fingerprint density at radius 3 is 0.735 bits per heavy atom. The molecule has 0 aromatic heterocycles. The van der Waals surface area contributed by atoms with E-state index in [1.807, 2.05) is 0 Å². The Labute approximate surface area is 513 Å². The van der Waals surface area contributed by atoms with Crippen LogP contribution in [0.2, 0.25) is 0 Å². The average molecular weight is 1150 g/mol. The quantitative estimate of drug-likeness (QED) is 0.0261. The van der Waals surface area contributed by atoms with Crippen LogP contribution in [0.25, 0.3) is 0 Å². The molecule has 0 rings (SSSR count). The first-order valence-electron chi connectivity index (χ1n) is 34.7. The molecule has 0 aromatic carbocycles. The van der Waals surface area contributed by atoms with Gasteiger partial charge in [0.25, 0.3) is 0 Å². The van der Waals surface area contributed by atoms with Gasteiger partial charge in [-0.2, -0.15) is 0 Å². The lowest BCUT2D eigenvalue weighted by Crippen LogP contribution is -2.30. The Morgan fingerprint density at radius 2 is 0.470 bits per heavy atom. The van der Waals surface area contributed by atoms with Crippen LogP contribution in [0.3, 0.4) is 0 Å². The molecule has 0 aromatic rings. The summed E-state index contributed by atoms with van der Waals surface area (Å²) in [5.74, 6) is -0.920. The molecular weight excluding hydrogens is 1020 g/mol. The van der Waals surface area contributed by atoms with Crippen molar-refractivity contribution >= 4 is 17.9 Å². The summed E-state index contributed by atoms with van der Waals surface area (Å²) >= 11 is 0. The zero-order valence-corrected chi connectivity index (χ0v) is 54.2. The number of hydrogen-bond donors (Lipinski definition) is 0. The molecule has 1 unspecified atom stereocenters. The Bertz CT molecular complexity index is 1750. The van der Waals surface area contributed by atoms with E-state index >= 15 is 0 Å². The summed E-state index contributed by atoms with van der Waals surface area (Å²) in [6.07, 6.45) is 98.9. The number of unbranched alkanes of at least 4 members (excludes halogenated alkanes) is 29. The standard InChI is InChI=1S/C77H128O6/c1-4-7-10-13-16-19-22-25-28-31-33-35-36-37-38-39-40-42-43-46-49-52-55-58-61-64-67-70-76(79)82-73-74(72-81-75(78)69-66-63-60-57-54-51-48-45-30-27-24-21-18-15-12-9-6-3)83-77(80)71-68-65-62-59-56-53-50-47-44-41-34-32-29-26-23-20-17-14-11-8-5-2/h8-9,11-12,17-18,20-22,25-27,29-31,33-34,36-37,41,48,51,74H,4-7,10,13-16,19,23-24,28,32,35,38-40,42-47,49-50,52-73H2,1-3H3/b11-8-,12-9-,20-17-,21-18-,25-22-,29-26-,30-27-,33-31-,37-36-,41-34-,51-48-. The molecule has 0 aliphatic rings. The highest BCUT2D eigenvalue weighted by Gasteiger charge is 2.19. The second-order valence-corrected chi connectivity index (χ2v) is 22.7. The minimum Gasteiger partial charge on any atom is -0.462 e. The maximum Gasteiger partial charge on any atom is 0.306 e. The van der Waals surface area contributed by atoms with Gasteiger partial charge in [-0.15, -0.1) is 0 Å². The van der Waals surface area contributed by atoms with E-state index in [9.17, 15) is 14.4 Å². The number of allylic oxidation sites excluding steroid dienone is 22. The van der Waals surface area contributed by atoms with Crippen LogP contribution in [-0.2, 0) is 28.6 Å². The lowest BCUT2D eigenvalue weighted by atomic mass is 10.0. The Hall–Kier alpha value is -4.45. The first-order chi connectivity index (χ1) is 41.0. The predicted molar refractivity (Wildman–Crippen MR) is 362 cm³/mol. The molecule has 83 heavy (non-hydrogen) atoms. The van der Waals surface area contributed by atoms with Gasteiger partial charge >= 0.3 is 17.9 Å². The van der Waals surface area contributed by atoms with Gasteiger partial charge in [0.2, 0.25) is 0 Å². The van der Waals surface area contributed by atoms with E-state index in [0.717, 1.165) is 141 Å². The van der Waals surface area contributed by atoms with Gasteiger partial charge in [-0.25, -0.2) is 0 Å². The highest BCUT2D eigenvalue weighted by molar-refractivity contribution is 5.71. The first kappa shape index (κ1) is 78.5. The largest absolute Gasteiger partial charge is 0.462 e. The minimum atomic E-state index is -0.801. The Balaban J connectivity index is 4.39. The molecule has 1 atom stereocenters. The van der Waals surface area contributed by atoms with E-state index in [-0.39, 0.29) is 31.1 Å². The minimum absolute atomic E-state index is 0.0931. The number of esters is 3. The third-order valence-corrected chi connectivity index (χ3v) is 14.6. The Kier molecular flexibility index (Phi) is 66.3. The fourth-order valence-electron chi connectivity index (χ4n) is 9.49. The summed E-state index contributed by atoms with van der Waals surface area (Å²) < 4.78 is 17.0. The molecule has 6 heteroatoms. The molecule has 472 valence electrons. The fraction of sp³-hybridized carbons (Fsp3) is 0.675. The number of hydrogen-bond acceptors (Lipinski definition) is 6. The maximum atomic E-state index is 13.0. The molecule has 0 saturated heterocycles. The number of ether oxygens (including phenoxy) is 3. The molecule has 0 saturated carbocycles. The van der Waals surface area contributed by atoms with Crippen LogP contribution in [0.1, 0.15) is 316 Å². The lowest BCUT2D eigenvalue weighted by Gasteiger charge is -2.18. The van der Waals surface area contributed by atoms with E-state index in [2.05, 4.69) is 154 Å². The van der Waals surface area contributed by atoms with Crippen molar-refractivity contribution in [2.45, 2.75) is 322 Å². The molecule has 6 nitrogen and oxygen atoms in total. The van der Waals surface area contributed by atoms with Crippen LogP contribution in [0, 0.1) is 0 Å². The molecule has 0 amide bonds. The van der Waals surface area contributed by atoms with Crippen LogP contribution < -0.4 is 0 Å². The first-order valence-corrected chi connectivity index (χ1v) is 34.7. The summed E-state index contributed by atoms with van der Waals surface area (Å²) in [5.41, 5.74) is 0. The smallest absolute Gasteiger partial charge is 0.306 e. The normalized spacial score (nSPS) is 13.0. The fourth-order valence-corrected chi connectivity index (χ4v) is 9.49. The van der Waals surface area contributed by atoms with Crippen molar-refractivity contribution in [1.82, 2.24) is 0 Å². The van der Waals surface area contributed by atoms with Gasteiger partial charge in [-0.3, -0.25) is 14.4 Å². The zero-order chi connectivity index (χ0) is 59.9. The SMILES string of the molecule is CC/C=C\C/C=C\C/C=C\C/C=C\CCCCCCCCCCC(=O)OC(COC(=O)CCCCCC/C=C\C/C=C\C/C=C\C/C=C\CC)COC(=O)CCCCCCCCCCCCCC/C=C\C/C=C\C/C=C\CCCCCCC. The Morgan fingerprint density at radius 1 is 0.253 bits per heavy atom. The molecule has 0 radical (unpaired) electrons. The third kappa shape index (κ3) is 68.2. The van der Waals surface area contributed by atoms with E-state index in [4.69, 9.17) is 14.2 Å². The number of carbonyl (C=O) groups excluding carboxylic acids is 3. The van der Waals surface area contributed by atoms with Gasteiger partial charge in [0.05, 0.1) is 0 Å². The lowest BCUT2D eigenvalue weighted by molar-refractivity contribution is -0.167. The van der Waals surface area contributed by atoms with Gasteiger partial charge < -0.3 is 14.2 Å². The molecule has 0 N–H and O–H groups in total. The van der Waals surface area contributed by atoms with Crippen molar-refractivity contribution in [1.29, 1.82) is 0 Å². The van der Waals surface area contributed by atoms with Crippen LogP contribution in [0.4, 0.5) is 0 Å². The van der Waals surface area contributed by atoms with Crippen molar-refractivity contribution in [3.63, 3.8) is 0 Å². The van der Waals surface area contributed by atoms with Crippen LogP contribution >= 0.6 is 0 Å². The number of rotatable bonds is 62. The number of carbonyl (C=O) groups is 3. The average Bonchev–Trinajstić information content (AvgIpc) is 3.50. The monoisotopic (exact) mass is 1150 g/mol. The molecule has 0 spiro atoms. The van der Waals surface area contributed by atoms with Crippen molar-refractivity contribution in [3.05, 3.63) is 134 Å². The second kappa shape index (κ2) is 70.0. The van der Waals surface area contributed by atoms with Crippen molar-refractivity contribution in [3.8, 4) is 0 Å². The van der Waals surface area contributed by atoms with Crippen molar-refractivity contribution < 1.29 is 28.6 Å². The van der Waals surface area contributed by atoms with Gasteiger partial charge in [0.15, 0.2) is 6.10 Å². The van der Waals surface area contributed by atoms with E-state index in [1.165, 1.54) is 135 Å². The van der Waals surface area contributed by atoms with Crippen molar-refractivity contribution in [2.24, 2.45) is 0 Å². The molecule has 0 heterocycles. The third-order valence-electron chi connectivity index (χ3n) is 14.6. The van der Waals surface area contributed by atoms with Gasteiger partial charge in [-0.05, 0) is 135 Å². The predicted octanol–water partition coefficient (Wildman–Crippen LogP) is 24.1. The van der Waals surface area contributed by atoms with Gasteiger partial charge in [0.1, 0.15) is 13.2 Å². The van der Waals surface area contributed by atoms with E-state index in [1.54, 1.807) is 0 Å². The topological polar surface area (TPSA) is 78.9 Å². The second-order valence-electron chi connectivity index (χ2n) is 22.7. The molecule has 0 aliphatic carbocycles. The summed E-state index contributed by atoms with van der Waals surface area (Å²) in [6.45, 7) is 6.40. The highest BCUT2D eigenvalue weighted by Crippen LogP contribution is 2.16. The summed E-state index contributed by atoms with van der Waals surface area (Å²) in [6, 6.07) is 0. The zero-order valence-electron chi connectivity index (χ0n) is 54.2. The summed E-state index contributed by atoms with van der Waals surface area (Å²) in [7, 11) is 0. The molecular formula is C77H128O6. The summed E-state index contributed by atoms with van der Waals surface area (Å²) in [5, 5.41) is 0. The molecule has 0 fully saturated rings. The van der Waals surface area contributed by atoms with Gasteiger partial charge in [-0.1, -0.05) is 296 Å². The van der Waals surface area contributed by atoms with Crippen LogP contribution in [0.15, 0.2) is 134 Å². The molecule has 0 bridgehead atoms. The molecule has 0 aliphatic heterocycles. The highest BCUT2D eigenvalue weighted by atomic mass is 16.6. The summed E-state index contributed by atoms with van der Waals surface area (Å²) in [4.78, 5) is 38.5.